The van der Waals surface area contributed by atoms with Crippen molar-refractivity contribution in [1.29, 1.82) is 0 Å². The van der Waals surface area contributed by atoms with Crippen molar-refractivity contribution in [2.45, 2.75) is 123 Å². The molecule has 3 nitrogen and oxygen atoms in total. The second-order valence-corrected chi connectivity index (χ2v) is 31.7. The lowest BCUT2D eigenvalue weighted by atomic mass is 10.1. The molecule has 3 atom stereocenters. The SMILES string of the molecule is CC(O[Si](C)(c1ccccc1)C(C)O[Si](C)(C)C)C(C)(C)[Si](C)(C)OC(C)(C)[Si](C)(C)C. The van der Waals surface area contributed by atoms with E-state index in [9.17, 15) is 0 Å². The van der Waals surface area contributed by atoms with E-state index in [0.717, 1.165) is 0 Å². The third-order valence-corrected chi connectivity index (χ3v) is 21.7. The Morgan fingerprint density at radius 1 is 0.719 bits per heavy atom. The summed E-state index contributed by atoms with van der Waals surface area (Å²) in [5.41, 5.74) is 0.0823. The van der Waals surface area contributed by atoms with Gasteiger partial charge in [-0.15, -0.1) is 0 Å². The Kier molecular flexibility index (Phi) is 9.29. The third kappa shape index (κ3) is 6.99. The molecule has 1 rings (SSSR count). The standard InChI is InChI=1S/C25H52O3Si4/c1-21(24(3,4)31(13,14)28-25(5,6)29(7,8)9)26-32(15,22(2)27-30(10,11)12)23-19-17-16-18-20-23/h16-22H,1-15H3. The van der Waals surface area contributed by atoms with Crippen LogP contribution in [-0.2, 0) is 13.3 Å². The number of hydrogen-bond donors (Lipinski definition) is 0. The average Bonchev–Trinajstić information content (AvgIpc) is 2.58. The minimum atomic E-state index is -2.40. The minimum Gasteiger partial charge on any atom is -0.415 e. The molecule has 7 heteroatoms. The molecule has 0 spiro atoms. The molecule has 0 aliphatic rings. The van der Waals surface area contributed by atoms with Crippen LogP contribution in [0.5, 0.6) is 0 Å². The van der Waals surface area contributed by atoms with Gasteiger partial charge in [0.05, 0.1) is 13.8 Å². The smallest absolute Gasteiger partial charge is 0.248 e. The van der Waals surface area contributed by atoms with Gasteiger partial charge in [0.2, 0.25) is 8.32 Å². The van der Waals surface area contributed by atoms with Crippen LogP contribution in [0.15, 0.2) is 30.3 Å². The first-order valence-electron chi connectivity index (χ1n) is 12.2. The first-order valence-corrected chi connectivity index (χ1v) is 24.5. The summed E-state index contributed by atoms with van der Waals surface area (Å²) in [6.45, 7) is 34.9. The van der Waals surface area contributed by atoms with Crippen molar-refractivity contribution in [2.24, 2.45) is 0 Å². The van der Waals surface area contributed by atoms with Crippen LogP contribution in [0.25, 0.3) is 0 Å². The number of benzene rings is 1. The zero-order valence-electron chi connectivity index (χ0n) is 23.8. The summed E-state index contributed by atoms with van der Waals surface area (Å²) in [7, 11) is -7.71. The molecule has 1 aromatic rings. The van der Waals surface area contributed by atoms with E-state index in [1.165, 1.54) is 5.19 Å². The largest absolute Gasteiger partial charge is 0.415 e. The topological polar surface area (TPSA) is 27.7 Å². The molecular formula is C25H52O3Si4. The van der Waals surface area contributed by atoms with Crippen molar-refractivity contribution in [3.63, 3.8) is 0 Å². The van der Waals surface area contributed by atoms with Crippen LogP contribution in [0.2, 0.25) is 64.0 Å². The molecule has 1 aromatic carbocycles. The van der Waals surface area contributed by atoms with Crippen LogP contribution in [0, 0.1) is 0 Å². The van der Waals surface area contributed by atoms with Crippen LogP contribution in [0.4, 0.5) is 0 Å². The maximum absolute atomic E-state index is 7.19. The van der Waals surface area contributed by atoms with Gasteiger partial charge in [-0.2, -0.15) is 0 Å². The summed E-state index contributed by atoms with van der Waals surface area (Å²) in [6, 6.07) is 10.8. The third-order valence-electron chi connectivity index (χ3n) is 7.96. The van der Waals surface area contributed by atoms with Crippen molar-refractivity contribution >= 4 is 38.2 Å². The van der Waals surface area contributed by atoms with Crippen LogP contribution < -0.4 is 5.19 Å². The quantitative estimate of drug-likeness (QED) is 0.291. The van der Waals surface area contributed by atoms with Gasteiger partial charge in [0.15, 0.2) is 16.6 Å². The van der Waals surface area contributed by atoms with Gasteiger partial charge in [-0.1, -0.05) is 63.8 Å². The van der Waals surface area contributed by atoms with Crippen molar-refractivity contribution in [1.82, 2.24) is 0 Å². The molecule has 186 valence electrons. The lowest BCUT2D eigenvalue weighted by molar-refractivity contribution is 0.108. The van der Waals surface area contributed by atoms with Gasteiger partial charge in [-0.05, 0) is 72.2 Å². The Labute approximate surface area is 204 Å². The normalized spacial score (nSPS) is 18.2. The van der Waals surface area contributed by atoms with Crippen LogP contribution >= 0.6 is 0 Å². The van der Waals surface area contributed by atoms with Crippen molar-refractivity contribution < 1.29 is 13.3 Å². The molecule has 0 fully saturated rings. The summed E-state index contributed by atoms with van der Waals surface area (Å²) in [5, 5.41) is 1.16. The first kappa shape index (κ1) is 30.0. The van der Waals surface area contributed by atoms with Gasteiger partial charge < -0.3 is 13.3 Å². The van der Waals surface area contributed by atoms with Gasteiger partial charge in [0.1, 0.15) is 0 Å². The van der Waals surface area contributed by atoms with E-state index >= 15 is 0 Å². The van der Waals surface area contributed by atoms with Gasteiger partial charge in [0.25, 0.3) is 0 Å². The molecule has 0 saturated heterocycles. The maximum Gasteiger partial charge on any atom is 0.248 e. The molecule has 0 aliphatic carbocycles. The molecule has 0 N–H and O–H groups in total. The van der Waals surface area contributed by atoms with Crippen LogP contribution in [0.1, 0.15) is 41.5 Å². The van der Waals surface area contributed by atoms with Gasteiger partial charge in [-0.3, -0.25) is 0 Å². The van der Waals surface area contributed by atoms with E-state index in [1.54, 1.807) is 0 Å². The predicted molar refractivity (Wildman–Crippen MR) is 152 cm³/mol. The maximum atomic E-state index is 7.19. The van der Waals surface area contributed by atoms with E-state index in [0.29, 0.717) is 0 Å². The summed E-state index contributed by atoms with van der Waals surface area (Å²) < 4.78 is 20.9. The second kappa shape index (κ2) is 9.91. The molecule has 0 radical (unpaired) electrons. The lowest BCUT2D eigenvalue weighted by Crippen LogP contribution is -2.64. The van der Waals surface area contributed by atoms with Gasteiger partial charge in [-0.25, -0.2) is 0 Å². The minimum absolute atomic E-state index is 0.0613. The highest BCUT2D eigenvalue weighted by Gasteiger charge is 2.53. The van der Waals surface area contributed by atoms with Crippen LogP contribution in [0.3, 0.4) is 0 Å². The summed E-state index contributed by atoms with van der Waals surface area (Å²) >= 11 is 0. The number of hydrogen-bond acceptors (Lipinski definition) is 3. The molecule has 0 bridgehead atoms. The van der Waals surface area contributed by atoms with E-state index in [2.05, 4.69) is 131 Å². The van der Waals surface area contributed by atoms with E-state index < -0.39 is 33.0 Å². The highest BCUT2D eigenvalue weighted by atomic mass is 28.4. The Balaban J connectivity index is 3.32. The monoisotopic (exact) mass is 512 g/mol. The molecule has 32 heavy (non-hydrogen) atoms. The van der Waals surface area contributed by atoms with Gasteiger partial charge >= 0.3 is 0 Å². The molecule has 0 amide bonds. The highest BCUT2D eigenvalue weighted by Crippen LogP contribution is 2.46. The van der Waals surface area contributed by atoms with Gasteiger partial charge in [0, 0.05) is 16.4 Å². The van der Waals surface area contributed by atoms with Crippen molar-refractivity contribution in [2.75, 3.05) is 0 Å². The fourth-order valence-corrected chi connectivity index (χ4v) is 14.1. The molecule has 0 aromatic heterocycles. The Morgan fingerprint density at radius 2 is 1.19 bits per heavy atom. The fourth-order valence-electron chi connectivity index (χ4n) is 3.74. The fraction of sp³-hybridized carbons (Fsp3) is 0.760. The number of rotatable bonds is 11. The molecule has 0 heterocycles. The van der Waals surface area contributed by atoms with Crippen molar-refractivity contribution in [3.05, 3.63) is 30.3 Å². The van der Waals surface area contributed by atoms with E-state index in [-0.39, 0.29) is 22.1 Å². The second-order valence-electron chi connectivity index (χ2n) is 13.2. The van der Waals surface area contributed by atoms with E-state index in [1.807, 2.05) is 0 Å². The summed E-state index contributed by atoms with van der Waals surface area (Å²) in [6.07, 6.45) is 0.0613. The molecule has 0 aliphatic heterocycles. The summed E-state index contributed by atoms with van der Waals surface area (Å²) in [5.74, 6) is 0. The Bertz CT molecular complexity index is 736. The van der Waals surface area contributed by atoms with Crippen LogP contribution in [-0.4, -0.2) is 50.1 Å². The van der Waals surface area contributed by atoms with Crippen molar-refractivity contribution in [3.8, 4) is 0 Å². The highest BCUT2D eigenvalue weighted by molar-refractivity contribution is 6.87. The van der Waals surface area contributed by atoms with E-state index in [4.69, 9.17) is 13.3 Å². The lowest BCUT2D eigenvalue weighted by Gasteiger charge is -2.52. The molecule has 3 unspecified atom stereocenters. The zero-order valence-corrected chi connectivity index (χ0v) is 27.8. The average molecular weight is 513 g/mol. The Hall–Kier alpha value is -0.0325. The predicted octanol–water partition coefficient (Wildman–Crippen LogP) is 7.31. The summed E-state index contributed by atoms with van der Waals surface area (Å²) in [4.78, 5) is 0. The molecule has 0 saturated carbocycles. The first-order chi connectivity index (χ1) is 14.1. The Morgan fingerprint density at radius 3 is 1.59 bits per heavy atom. The molecular weight excluding hydrogens is 461 g/mol. The zero-order chi connectivity index (χ0) is 25.4.